The highest BCUT2D eigenvalue weighted by atomic mass is 16.5. The first-order chi connectivity index (χ1) is 13.7. The Bertz CT molecular complexity index is 749. The molecule has 0 aliphatic heterocycles. The zero-order valence-electron chi connectivity index (χ0n) is 18.8. The average molecular weight is 405 g/mol. The summed E-state index contributed by atoms with van der Waals surface area (Å²) in [5.41, 5.74) is 2.14. The summed E-state index contributed by atoms with van der Waals surface area (Å²) < 4.78 is 6.83. The average Bonchev–Trinajstić information content (AvgIpc) is 2.90. The molecule has 1 atom stereocenters. The highest BCUT2D eigenvalue weighted by Gasteiger charge is 2.31. The normalized spacial score (nSPS) is 11.8. The predicted molar refractivity (Wildman–Crippen MR) is 115 cm³/mol. The van der Waals surface area contributed by atoms with E-state index in [2.05, 4.69) is 13.5 Å². The highest BCUT2D eigenvalue weighted by Crippen LogP contribution is 2.25. The van der Waals surface area contributed by atoms with Crippen molar-refractivity contribution in [1.29, 1.82) is 0 Å². The molecular weight excluding hydrogens is 368 g/mol. The van der Waals surface area contributed by atoms with Crippen molar-refractivity contribution in [2.45, 2.75) is 72.8 Å². The Morgan fingerprint density at radius 2 is 1.83 bits per heavy atom. The van der Waals surface area contributed by atoms with Gasteiger partial charge in [0, 0.05) is 31.3 Å². The van der Waals surface area contributed by atoms with Gasteiger partial charge >= 0.3 is 5.97 Å². The van der Waals surface area contributed by atoms with Crippen LogP contribution < -0.4 is 0 Å². The molecule has 0 unspecified atom stereocenters. The second-order valence-corrected chi connectivity index (χ2v) is 7.40. The number of aromatic nitrogens is 1. The third-order valence-electron chi connectivity index (χ3n) is 5.38. The van der Waals surface area contributed by atoms with Crippen molar-refractivity contribution in [3.8, 4) is 0 Å². The quantitative estimate of drug-likeness (QED) is 0.224. The van der Waals surface area contributed by atoms with Gasteiger partial charge in [-0.3, -0.25) is 9.59 Å². The van der Waals surface area contributed by atoms with E-state index in [1.165, 1.54) is 0 Å². The lowest BCUT2D eigenvalue weighted by Crippen LogP contribution is -2.43. The van der Waals surface area contributed by atoms with Gasteiger partial charge in [-0.05, 0) is 39.7 Å². The van der Waals surface area contributed by atoms with Crippen LogP contribution in [-0.4, -0.2) is 46.3 Å². The second kappa shape index (κ2) is 11.6. The molecule has 1 aromatic heterocycles. The van der Waals surface area contributed by atoms with Gasteiger partial charge in [-0.1, -0.05) is 32.3 Å². The summed E-state index contributed by atoms with van der Waals surface area (Å²) in [4.78, 5) is 40.0. The summed E-state index contributed by atoms with van der Waals surface area (Å²) in [6.45, 7) is 13.5. The molecule has 0 saturated carbocycles. The van der Waals surface area contributed by atoms with Crippen molar-refractivity contribution < 1.29 is 19.1 Å². The smallest absolute Gasteiger partial charge is 0.355 e. The number of unbranched alkanes of at least 4 members (excludes halogenated alkanes) is 3. The lowest BCUT2D eigenvalue weighted by molar-refractivity contribution is -0.132. The fourth-order valence-electron chi connectivity index (χ4n) is 3.64. The number of Topliss-reactive ketones (excluding diaryl/α,β-unsaturated/α-hetero) is 1. The zero-order valence-corrected chi connectivity index (χ0v) is 18.8. The van der Waals surface area contributed by atoms with Crippen LogP contribution in [0.2, 0.25) is 0 Å². The largest absolute Gasteiger partial charge is 0.461 e. The monoisotopic (exact) mass is 404 g/mol. The summed E-state index contributed by atoms with van der Waals surface area (Å²) in [5, 5.41) is 0. The third kappa shape index (κ3) is 5.81. The maximum absolute atomic E-state index is 13.3. The lowest BCUT2D eigenvalue weighted by atomic mass is 9.99. The molecule has 0 fully saturated rings. The van der Waals surface area contributed by atoms with E-state index in [9.17, 15) is 14.4 Å². The SMILES string of the molecule is C=CCN(C(=O)CCCCCC)[C@H](C)C(=O)c1c(C)c(C(=O)OCC)n(C)c1C. The molecule has 0 aliphatic carbocycles. The van der Waals surface area contributed by atoms with Gasteiger partial charge in [-0.2, -0.15) is 0 Å². The molecule has 162 valence electrons. The maximum atomic E-state index is 13.3. The molecule has 0 saturated heterocycles. The molecule has 0 bridgehead atoms. The number of amides is 1. The number of ketones is 1. The first-order valence-corrected chi connectivity index (χ1v) is 10.5. The summed E-state index contributed by atoms with van der Waals surface area (Å²) in [7, 11) is 1.75. The van der Waals surface area contributed by atoms with Crippen LogP contribution in [-0.2, 0) is 16.6 Å². The molecule has 29 heavy (non-hydrogen) atoms. The van der Waals surface area contributed by atoms with Crippen LogP contribution in [0.1, 0.15) is 85.0 Å². The molecule has 1 aromatic rings. The molecule has 0 aliphatic rings. The van der Waals surface area contributed by atoms with E-state index < -0.39 is 12.0 Å². The molecular formula is C23H36N2O4. The maximum Gasteiger partial charge on any atom is 0.355 e. The van der Waals surface area contributed by atoms with Crippen molar-refractivity contribution >= 4 is 17.7 Å². The van der Waals surface area contributed by atoms with E-state index >= 15 is 0 Å². The van der Waals surface area contributed by atoms with Gasteiger partial charge < -0.3 is 14.2 Å². The van der Waals surface area contributed by atoms with Gasteiger partial charge in [-0.15, -0.1) is 6.58 Å². The van der Waals surface area contributed by atoms with Gasteiger partial charge in [0.05, 0.1) is 12.6 Å². The van der Waals surface area contributed by atoms with Crippen LogP contribution in [0.5, 0.6) is 0 Å². The Morgan fingerprint density at radius 1 is 1.17 bits per heavy atom. The fourth-order valence-corrected chi connectivity index (χ4v) is 3.64. The number of carbonyl (C=O) groups excluding carboxylic acids is 3. The Kier molecular flexibility index (Phi) is 9.86. The Morgan fingerprint density at radius 3 is 2.38 bits per heavy atom. The standard InChI is InChI=1S/C23H36N2O4/c1-8-11-12-13-14-19(26)25(15-9-2)18(6)22(27)20-16(4)21(23(28)29-10-3)24(7)17(20)5/h9,18H,2,8,10-15H2,1,3-7H3/t18-/m1/s1. The van der Waals surface area contributed by atoms with Gasteiger partial charge in [0.2, 0.25) is 5.91 Å². The number of rotatable bonds is 12. The minimum absolute atomic E-state index is 0.0429. The van der Waals surface area contributed by atoms with Crippen LogP contribution >= 0.6 is 0 Å². The van der Waals surface area contributed by atoms with Crippen molar-refractivity contribution in [2.75, 3.05) is 13.2 Å². The number of ether oxygens (including phenoxy) is 1. The van der Waals surface area contributed by atoms with Gasteiger partial charge in [0.1, 0.15) is 5.69 Å². The molecule has 0 aromatic carbocycles. The predicted octanol–water partition coefficient (Wildman–Crippen LogP) is 4.37. The third-order valence-corrected chi connectivity index (χ3v) is 5.38. The van der Waals surface area contributed by atoms with Crippen molar-refractivity contribution in [3.63, 3.8) is 0 Å². The van der Waals surface area contributed by atoms with E-state index in [0.29, 0.717) is 35.5 Å². The van der Waals surface area contributed by atoms with Crippen LogP contribution in [0.4, 0.5) is 0 Å². The van der Waals surface area contributed by atoms with E-state index in [-0.39, 0.29) is 18.3 Å². The Hall–Kier alpha value is -2.37. The topological polar surface area (TPSA) is 68.6 Å². The molecule has 0 radical (unpaired) electrons. The van der Waals surface area contributed by atoms with E-state index in [1.54, 1.807) is 50.3 Å². The minimum atomic E-state index is -0.637. The first-order valence-electron chi connectivity index (χ1n) is 10.5. The van der Waals surface area contributed by atoms with Crippen LogP contribution in [0.3, 0.4) is 0 Å². The minimum Gasteiger partial charge on any atom is -0.461 e. The summed E-state index contributed by atoms with van der Waals surface area (Å²) in [6.07, 6.45) is 6.09. The van der Waals surface area contributed by atoms with E-state index in [0.717, 1.165) is 25.7 Å². The fraction of sp³-hybridized carbons (Fsp3) is 0.609. The van der Waals surface area contributed by atoms with Crippen LogP contribution in [0, 0.1) is 13.8 Å². The molecule has 6 nitrogen and oxygen atoms in total. The van der Waals surface area contributed by atoms with Crippen LogP contribution in [0.15, 0.2) is 12.7 Å². The Labute approximate surface area is 174 Å². The van der Waals surface area contributed by atoms with Gasteiger partial charge in [0.15, 0.2) is 5.78 Å². The molecule has 1 amide bonds. The lowest BCUT2D eigenvalue weighted by Gasteiger charge is -2.27. The summed E-state index contributed by atoms with van der Waals surface area (Å²) in [5.74, 6) is -0.661. The number of carbonyl (C=O) groups is 3. The highest BCUT2D eigenvalue weighted by molar-refractivity contribution is 6.06. The molecule has 0 N–H and O–H groups in total. The second-order valence-electron chi connectivity index (χ2n) is 7.40. The zero-order chi connectivity index (χ0) is 22.1. The van der Waals surface area contributed by atoms with Gasteiger partial charge in [-0.25, -0.2) is 4.79 Å². The number of nitrogens with zero attached hydrogens (tertiary/aromatic N) is 2. The number of esters is 1. The molecule has 1 rings (SSSR count). The number of hydrogen-bond donors (Lipinski definition) is 0. The summed E-state index contributed by atoms with van der Waals surface area (Å²) >= 11 is 0. The molecule has 1 heterocycles. The van der Waals surface area contributed by atoms with Crippen molar-refractivity contribution in [1.82, 2.24) is 9.47 Å². The van der Waals surface area contributed by atoms with E-state index in [1.807, 2.05) is 0 Å². The van der Waals surface area contributed by atoms with Crippen molar-refractivity contribution in [3.05, 3.63) is 35.2 Å². The van der Waals surface area contributed by atoms with Gasteiger partial charge in [0.25, 0.3) is 0 Å². The van der Waals surface area contributed by atoms with Crippen LogP contribution in [0.25, 0.3) is 0 Å². The Balaban J connectivity index is 3.14. The molecule has 6 heteroatoms. The first kappa shape index (κ1) is 24.7. The van der Waals surface area contributed by atoms with E-state index in [4.69, 9.17) is 4.74 Å². The summed E-state index contributed by atoms with van der Waals surface area (Å²) in [6, 6.07) is -0.637. The number of hydrogen-bond acceptors (Lipinski definition) is 4. The van der Waals surface area contributed by atoms with Crippen molar-refractivity contribution in [2.24, 2.45) is 7.05 Å². The molecule has 0 spiro atoms.